The molecule has 2 rings (SSSR count). The minimum Gasteiger partial charge on any atom is -1.00 e. The molecule has 2 N–H and O–H groups in total. The van der Waals surface area contributed by atoms with Crippen LogP contribution in [0.15, 0.2) is 46.2 Å². The first-order valence-corrected chi connectivity index (χ1v) is 7.55. The molecule has 0 saturated carbocycles. The van der Waals surface area contributed by atoms with Gasteiger partial charge in [0.2, 0.25) is 0 Å². The van der Waals surface area contributed by atoms with Crippen LogP contribution in [0.5, 0.6) is 0 Å². The van der Waals surface area contributed by atoms with Crippen LogP contribution in [0.25, 0.3) is 10.8 Å². The second-order valence-corrected chi connectivity index (χ2v) is 6.46. The van der Waals surface area contributed by atoms with E-state index < -0.39 is 20.2 Å². The van der Waals surface area contributed by atoms with Crippen LogP contribution in [-0.4, -0.2) is 25.9 Å². The molecule has 0 unspecified atom stereocenters. The molecule has 0 aliphatic rings. The first-order valence-electron chi connectivity index (χ1n) is 4.67. The van der Waals surface area contributed by atoms with Crippen LogP contribution in [0.3, 0.4) is 0 Å². The van der Waals surface area contributed by atoms with E-state index in [0.717, 1.165) is 12.1 Å². The van der Waals surface area contributed by atoms with Crippen molar-refractivity contribution in [1.29, 1.82) is 0 Å². The maximum Gasteiger partial charge on any atom is 1.00 e. The second-order valence-electron chi connectivity index (χ2n) is 3.62. The zero-order chi connectivity index (χ0) is 13.6. The van der Waals surface area contributed by atoms with E-state index in [1.165, 1.54) is 24.3 Å². The van der Waals surface area contributed by atoms with Gasteiger partial charge in [-0.3, -0.25) is 9.11 Å². The molecule has 0 amide bonds. The smallest absolute Gasteiger partial charge is 1.00 e. The van der Waals surface area contributed by atoms with Gasteiger partial charge < -0.3 is 1.43 Å². The minimum absolute atomic E-state index is 0. The third-order valence-corrected chi connectivity index (χ3v) is 4.08. The average molecular weight is 312 g/mol. The average Bonchev–Trinajstić information content (AvgIpc) is 2.25. The van der Waals surface area contributed by atoms with Crippen molar-refractivity contribution in [1.82, 2.24) is 0 Å². The van der Waals surface area contributed by atoms with Crippen molar-refractivity contribution in [2.24, 2.45) is 0 Å². The number of hydrogen-bond donors (Lipinski definition) is 2. The molecule has 98 valence electrons. The Kier molecular flexibility index (Phi) is 4.79. The summed E-state index contributed by atoms with van der Waals surface area (Å²) in [5, 5.41) is 0.857. The molecular formula is C10H9NaO6S2. The summed E-state index contributed by atoms with van der Waals surface area (Å²) in [7, 11) is -8.60. The van der Waals surface area contributed by atoms with Gasteiger partial charge in [-0.25, -0.2) is 0 Å². The third kappa shape index (κ3) is 3.76. The van der Waals surface area contributed by atoms with Crippen LogP contribution in [0.2, 0.25) is 0 Å². The monoisotopic (exact) mass is 312 g/mol. The number of fused-ring (bicyclic) bond motifs is 1. The van der Waals surface area contributed by atoms with E-state index in [0.29, 0.717) is 10.8 Å². The number of rotatable bonds is 2. The summed E-state index contributed by atoms with van der Waals surface area (Å²) < 4.78 is 61.4. The summed E-state index contributed by atoms with van der Waals surface area (Å²) in [4.78, 5) is -0.566. The van der Waals surface area contributed by atoms with E-state index in [9.17, 15) is 16.8 Å². The molecule has 0 radical (unpaired) electrons. The van der Waals surface area contributed by atoms with E-state index in [2.05, 4.69) is 0 Å². The van der Waals surface area contributed by atoms with Crippen molar-refractivity contribution < 1.29 is 56.9 Å². The van der Waals surface area contributed by atoms with Crippen molar-refractivity contribution in [3.8, 4) is 0 Å². The summed E-state index contributed by atoms with van der Waals surface area (Å²) in [5.74, 6) is 0. The van der Waals surface area contributed by atoms with Gasteiger partial charge in [0.1, 0.15) is 0 Å². The molecule has 9 heteroatoms. The molecule has 0 fully saturated rings. The van der Waals surface area contributed by atoms with E-state index in [1.807, 2.05) is 0 Å². The molecule has 0 aliphatic carbocycles. The molecule has 6 nitrogen and oxygen atoms in total. The predicted molar refractivity (Wildman–Crippen MR) is 64.7 cm³/mol. The Morgan fingerprint density at radius 2 is 1.05 bits per heavy atom. The first kappa shape index (κ1) is 16.6. The molecule has 0 heterocycles. The van der Waals surface area contributed by atoms with Crippen molar-refractivity contribution in [2.75, 3.05) is 0 Å². The maximum absolute atomic E-state index is 10.9. The van der Waals surface area contributed by atoms with Gasteiger partial charge in [0.25, 0.3) is 20.2 Å². The largest absolute Gasteiger partial charge is 1.00 e. The number of hydrogen-bond acceptors (Lipinski definition) is 4. The normalized spacial score (nSPS) is 12.1. The van der Waals surface area contributed by atoms with E-state index >= 15 is 0 Å². The van der Waals surface area contributed by atoms with Crippen LogP contribution >= 0.6 is 0 Å². The zero-order valence-corrected chi connectivity index (χ0v) is 13.4. The summed E-state index contributed by atoms with van der Waals surface area (Å²) in [6.45, 7) is 0. The van der Waals surface area contributed by atoms with E-state index in [4.69, 9.17) is 9.11 Å². The summed E-state index contributed by atoms with van der Waals surface area (Å²) in [5.41, 5.74) is 0. The third-order valence-electron chi connectivity index (χ3n) is 2.38. The van der Waals surface area contributed by atoms with Gasteiger partial charge in [0.15, 0.2) is 0 Å². The summed E-state index contributed by atoms with van der Waals surface area (Å²) in [6, 6.07) is 7.38. The van der Waals surface area contributed by atoms with Crippen molar-refractivity contribution >= 4 is 31.0 Å². The fourth-order valence-electron chi connectivity index (χ4n) is 1.52. The molecule has 0 bridgehead atoms. The summed E-state index contributed by atoms with van der Waals surface area (Å²) >= 11 is 0. The fourth-order valence-corrected chi connectivity index (χ4v) is 2.55. The Balaban J connectivity index is 0.00000180. The van der Waals surface area contributed by atoms with Crippen LogP contribution in [-0.2, 0) is 20.2 Å². The van der Waals surface area contributed by atoms with Gasteiger partial charge in [0, 0.05) is 0 Å². The first-order chi connectivity index (χ1) is 8.18. The standard InChI is InChI=1S/C10H8O6S2.Na.H/c11-17(12,13)9-3-1-7-5-10(18(14,15)16)4-2-8(7)6-9;;/h1-6H,(H,11,12,13)(H,14,15,16);;/q;+1;-1. The van der Waals surface area contributed by atoms with Crippen molar-refractivity contribution in [3.63, 3.8) is 0 Å². The number of benzene rings is 2. The van der Waals surface area contributed by atoms with Gasteiger partial charge >= 0.3 is 29.6 Å². The van der Waals surface area contributed by atoms with Gasteiger partial charge in [-0.05, 0) is 35.0 Å². The quantitative estimate of drug-likeness (QED) is 0.513. The molecule has 19 heavy (non-hydrogen) atoms. The molecule has 0 aliphatic heterocycles. The van der Waals surface area contributed by atoms with Crippen LogP contribution in [0.1, 0.15) is 1.43 Å². The van der Waals surface area contributed by atoms with E-state index in [1.54, 1.807) is 0 Å². The Labute approximate surface area is 133 Å². The van der Waals surface area contributed by atoms with Crippen molar-refractivity contribution in [3.05, 3.63) is 36.4 Å². The Morgan fingerprint density at radius 1 is 0.737 bits per heavy atom. The molecule has 2 aromatic rings. The van der Waals surface area contributed by atoms with Gasteiger partial charge in [-0.2, -0.15) is 16.8 Å². The zero-order valence-electron chi connectivity index (χ0n) is 10.8. The topological polar surface area (TPSA) is 109 Å². The Bertz CT molecular complexity index is 761. The van der Waals surface area contributed by atoms with Crippen LogP contribution in [0.4, 0.5) is 0 Å². The molecule has 0 aromatic heterocycles. The van der Waals surface area contributed by atoms with Crippen molar-refractivity contribution in [2.45, 2.75) is 9.79 Å². The molecule has 0 spiro atoms. The van der Waals surface area contributed by atoms with Gasteiger partial charge in [0.05, 0.1) is 9.79 Å². The van der Waals surface area contributed by atoms with Gasteiger partial charge in [-0.1, -0.05) is 12.1 Å². The SMILES string of the molecule is O=S(=O)(O)c1ccc2cc(S(=O)(=O)O)ccc2c1.[H-].[Na+]. The van der Waals surface area contributed by atoms with Crippen LogP contribution in [0, 0.1) is 0 Å². The maximum atomic E-state index is 10.9. The Morgan fingerprint density at radius 3 is 1.32 bits per heavy atom. The predicted octanol–water partition coefficient (Wildman–Crippen LogP) is -1.55. The fraction of sp³-hybridized carbons (Fsp3) is 0. The minimum atomic E-state index is -4.30. The second kappa shape index (κ2) is 5.49. The van der Waals surface area contributed by atoms with Crippen LogP contribution < -0.4 is 29.6 Å². The molecule has 0 saturated heterocycles. The molecule has 2 aromatic carbocycles. The summed E-state index contributed by atoms with van der Waals surface area (Å²) in [6.07, 6.45) is 0. The van der Waals surface area contributed by atoms with E-state index in [-0.39, 0.29) is 40.8 Å². The molecule has 0 atom stereocenters. The van der Waals surface area contributed by atoms with Gasteiger partial charge in [-0.15, -0.1) is 0 Å². The Hall–Kier alpha value is -0.480. The molecular weight excluding hydrogens is 303 g/mol.